The molecule has 1 aliphatic heterocycles. The minimum atomic E-state index is -0.382. The molecule has 0 bridgehead atoms. The van der Waals surface area contributed by atoms with E-state index < -0.39 is 0 Å². The highest BCUT2D eigenvalue weighted by Crippen LogP contribution is 2.23. The second kappa shape index (κ2) is 7.36. The quantitative estimate of drug-likeness (QED) is 0.895. The Balaban J connectivity index is 2.16. The number of nitrogens with zero attached hydrogens (tertiary/aromatic N) is 1. The van der Waals surface area contributed by atoms with Gasteiger partial charge in [0, 0.05) is 17.1 Å². The zero-order valence-electron chi connectivity index (χ0n) is 12.5. The van der Waals surface area contributed by atoms with Crippen molar-refractivity contribution >= 4 is 21.8 Å². The third kappa shape index (κ3) is 4.27. The molecule has 3 nitrogen and oxygen atoms in total. The molecule has 1 fully saturated rings. The van der Waals surface area contributed by atoms with Crippen LogP contribution in [0.1, 0.15) is 37.0 Å². The fourth-order valence-electron chi connectivity index (χ4n) is 2.69. The van der Waals surface area contributed by atoms with Gasteiger partial charge in [0.25, 0.3) is 5.91 Å². The van der Waals surface area contributed by atoms with E-state index in [-0.39, 0.29) is 17.8 Å². The molecule has 2 rings (SSSR count). The van der Waals surface area contributed by atoms with Gasteiger partial charge in [-0.2, -0.15) is 0 Å². The van der Waals surface area contributed by atoms with Gasteiger partial charge in [-0.25, -0.2) is 4.39 Å². The number of hydrogen-bond acceptors (Lipinski definition) is 2. The fourth-order valence-corrected chi connectivity index (χ4v) is 3.10. The summed E-state index contributed by atoms with van der Waals surface area (Å²) >= 11 is 3.35. The topological polar surface area (TPSA) is 32.3 Å². The maximum absolute atomic E-state index is 13.4. The van der Waals surface area contributed by atoms with Crippen LogP contribution in [-0.4, -0.2) is 36.5 Å². The second-order valence-corrected chi connectivity index (χ2v) is 6.72. The van der Waals surface area contributed by atoms with E-state index in [1.165, 1.54) is 12.1 Å². The number of hydrogen-bond donors (Lipinski definition) is 1. The van der Waals surface area contributed by atoms with E-state index in [1.807, 2.05) is 18.7 Å². The first-order valence-corrected chi connectivity index (χ1v) is 8.25. The van der Waals surface area contributed by atoms with Crippen molar-refractivity contribution in [3.63, 3.8) is 0 Å². The van der Waals surface area contributed by atoms with Crippen LogP contribution in [-0.2, 0) is 0 Å². The van der Waals surface area contributed by atoms with Gasteiger partial charge in [0.05, 0.1) is 5.56 Å². The molecule has 0 aliphatic carbocycles. The van der Waals surface area contributed by atoms with Crippen molar-refractivity contribution < 1.29 is 9.18 Å². The van der Waals surface area contributed by atoms with Gasteiger partial charge in [0.1, 0.15) is 5.82 Å². The molecule has 1 heterocycles. The highest BCUT2D eigenvalue weighted by atomic mass is 79.9. The summed E-state index contributed by atoms with van der Waals surface area (Å²) in [5.41, 5.74) is 0.401. The smallest absolute Gasteiger partial charge is 0.255 e. The largest absolute Gasteiger partial charge is 0.336 e. The van der Waals surface area contributed by atoms with Crippen LogP contribution < -0.4 is 5.32 Å². The number of benzene rings is 1. The normalized spacial score (nSPS) is 16.2. The maximum Gasteiger partial charge on any atom is 0.255 e. The monoisotopic (exact) mass is 356 g/mol. The Morgan fingerprint density at radius 1 is 1.43 bits per heavy atom. The van der Waals surface area contributed by atoms with Crippen molar-refractivity contribution in [1.82, 2.24) is 10.2 Å². The molecule has 0 atom stereocenters. The van der Waals surface area contributed by atoms with Crippen molar-refractivity contribution in [3.8, 4) is 0 Å². The summed E-state index contributed by atoms with van der Waals surface area (Å²) in [6.07, 6.45) is 2.17. The van der Waals surface area contributed by atoms with Crippen molar-refractivity contribution in [3.05, 3.63) is 34.1 Å². The van der Waals surface area contributed by atoms with Gasteiger partial charge in [0.2, 0.25) is 0 Å². The Bertz CT molecular complexity index is 501. The van der Waals surface area contributed by atoms with Crippen LogP contribution in [0.5, 0.6) is 0 Å². The van der Waals surface area contributed by atoms with Gasteiger partial charge in [-0.1, -0.05) is 0 Å². The van der Waals surface area contributed by atoms with Crippen LogP contribution in [0, 0.1) is 11.7 Å². The standard InChI is InChI=1S/C16H22BrFN2O/c1-11(2)20(10-12-5-7-19-8-6-12)16(21)14-9-13(18)3-4-15(14)17/h3-4,9,11-12,19H,5-8,10H2,1-2H3. The highest BCUT2D eigenvalue weighted by molar-refractivity contribution is 9.10. The molecule has 0 aromatic heterocycles. The van der Waals surface area contributed by atoms with Gasteiger partial charge in [-0.05, 0) is 79.8 Å². The van der Waals surface area contributed by atoms with Gasteiger partial charge < -0.3 is 10.2 Å². The summed E-state index contributed by atoms with van der Waals surface area (Å²) < 4.78 is 14.1. The van der Waals surface area contributed by atoms with E-state index in [4.69, 9.17) is 0 Å². The Morgan fingerprint density at radius 2 is 2.10 bits per heavy atom. The zero-order valence-corrected chi connectivity index (χ0v) is 14.1. The van der Waals surface area contributed by atoms with Gasteiger partial charge >= 0.3 is 0 Å². The molecule has 1 aromatic rings. The Morgan fingerprint density at radius 3 is 2.71 bits per heavy atom. The molecule has 1 aliphatic rings. The van der Waals surface area contributed by atoms with Crippen molar-refractivity contribution in [1.29, 1.82) is 0 Å². The molecular weight excluding hydrogens is 335 g/mol. The number of carbonyl (C=O) groups is 1. The van der Waals surface area contributed by atoms with Gasteiger partial charge in [-0.3, -0.25) is 4.79 Å². The van der Waals surface area contributed by atoms with Crippen molar-refractivity contribution in [2.45, 2.75) is 32.7 Å². The lowest BCUT2D eigenvalue weighted by Gasteiger charge is -2.33. The predicted octanol–water partition coefficient (Wildman–Crippen LogP) is 3.44. The molecule has 116 valence electrons. The summed E-state index contributed by atoms with van der Waals surface area (Å²) in [7, 11) is 0. The molecule has 1 amide bonds. The number of rotatable bonds is 4. The molecule has 0 saturated carbocycles. The molecule has 5 heteroatoms. The third-order valence-electron chi connectivity index (χ3n) is 3.96. The molecule has 1 saturated heterocycles. The molecule has 21 heavy (non-hydrogen) atoms. The fraction of sp³-hybridized carbons (Fsp3) is 0.562. The highest BCUT2D eigenvalue weighted by Gasteiger charge is 2.25. The average molecular weight is 357 g/mol. The Labute approximate surface area is 134 Å². The molecular formula is C16H22BrFN2O. The number of halogens is 2. The van der Waals surface area contributed by atoms with E-state index in [0.29, 0.717) is 16.0 Å². The summed E-state index contributed by atoms with van der Waals surface area (Å²) in [4.78, 5) is 14.6. The van der Waals surface area contributed by atoms with Crippen LogP contribution in [0.15, 0.2) is 22.7 Å². The van der Waals surface area contributed by atoms with E-state index in [1.54, 1.807) is 6.07 Å². The van der Waals surface area contributed by atoms with Crippen LogP contribution in [0.25, 0.3) is 0 Å². The molecule has 0 radical (unpaired) electrons. The van der Waals surface area contributed by atoms with Crippen LogP contribution in [0.3, 0.4) is 0 Å². The van der Waals surface area contributed by atoms with Crippen molar-refractivity contribution in [2.24, 2.45) is 5.92 Å². The second-order valence-electron chi connectivity index (χ2n) is 5.87. The summed E-state index contributed by atoms with van der Waals surface area (Å²) in [6.45, 7) is 6.77. The van der Waals surface area contributed by atoms with E-state index in [9.17, 15) is 9.18 Å². The predicted molar refractivity (Wildman–Crippen MR) is 85.9 cm³/mol. The third-order valence-corrected chi connectivity index (χ3v) is 4.65. The lowest BCUT2D eigenvalue weighted by molar-refractivity contribution is 0.0656. The maximum atomic E-state index is 13.4. The minimum Gasteiger partial charge on any atom is -0.336 e. The average Bonchev–Trinajstić information content (AvgIpc) is 2.47. The van der Waals surface area contributed by atoms with E-state index in [2.05, 4.69) is 21.2 Å². The van der Waals surface area contributed by atoms with Crippen LogP contribution >= 0.6 is 15.9 Å². The number of nitrogens with one attached hydrogen (secondary N) is 1. The van der Waals surface area contributed by atoms with Crippen molar-refractivity contribution in [2.75, 3.05) is 19.6 Å². The summed E-state index contributed by atoms with van der Waals surface area (Å²) in [5, 5.41) is 3.33. The SMILES string of the molecule is CC(C)N(CC1CCNCC1)C(=O)c1cc(F)ccc1Br. The first-order valence-electron chi connectivity index (χ1n) is 7.45. The number of piperidine rings is 1. The zero-order chi connectivity index (χ0) is 15.4. The molecule has 1 aromatic carbocycles. The first kappa shape index (κ1) is 16.4. The van der Waals surface area contributed by atoms with E-state index >= 15 is 0 Å². The summed E-state index contributed by atoms with van der Waals surface area (Å²) in [6, 6.07) is 4.35. The number of amides is 1. The van der Waals surface area contributed by atoms with Gasteiger partial charge in [-0.15, -0.1) is 0 Å². The number of carbonyl (C=O) groups excluding carboxylic acids is 1. The molecule has 0 spiro atoms. The Hall–Kier alpha value is -0.940. The lowest BCUT2D eigenvalue weighted by atomic mass is 9.96. The first-order chi connectivity index (χ1) is 9.99. The summed E-state index contributed by atoms with van der Waals surface area (Å²) in [5.74, 6) is 0.0342. The molecule has 0 unspecified atom stereocenters. The van der Waals surface area contributed by atoms with Crippen LogP contribution in [0.4, 0.5) is 4.39 Å². The van der Waals surface area contributed by atoms with Gasteiger partial charge in [0.15, 0.2) is 0 Å². The van der Waals surface area contributed by atoms with E-state index in [0.717, 1.165) is 32.5 Å². The lowest BCUT2D eigenvalue weighted by Crippen LogP contribution is -2.43. The Kier molecular flexibility index (Phi) is 5.76. The molecule has 1 N–H and O–H groups in total. The van der Waals surface area contributed by atoms with Crippen LogP contribution in [0.2, 0.25) is 0 Å². The minimum absolute atomic E-state index is 0.0996.